The molecule has 204 valence electrons. The van der Waals surface area contributed by atoms with Crippen LogP contribution >= 0.6 is 0 Å². The molecule has 11 heteroatoms. The van der Waals surface area contributed by atoms with Crippen LogP contribution in [0.2, 0.25) is 0 Å². The Kier molecular flexibility index (Phi) is 6.23. The molecule has 0 radical (unpaired) electrons. The van der Waals surface area contributed by atoms with E-state index in [9.17, 15) is 22.8 Å². The Hall–Kier alpha value is -5.16. The number of carbonyl (C=O) groups is 3. The van der Waals surface area contributed by atoms with E-state index in [1.807, 2.05) is 12.1 Å². The largest absolute Gasteiger partial charge is 0.281 e. The molecule has 0 N–H and O–H groups in total. The highest BCUT2D eigenvalue weighted by molar-refractivity contribution is 7.90. The number of hydrogen-bond donors (Lipinski definition) is 0. The first-order chi connectivity index (χ1) is 19.7. The molecule has 10 nitrogen and oxygen atoms in total. The first kappa shape index (κ1) is 26.1. The number of amides is 1. The summed E-state index contributed by atoms with van der Waals surface area (Å²) in [5.74, 6) is -3.01. The zero-order chi connectivity index (χ0) is 28.9. The number of sulfonamides is 1. The van der Waals surface area contributed by atoms with Crippen molar-refractivity contribution in [2.45, 2.75) is 24.8 Å². The van der Waals surface area contributed by atoms with E-state index in [1.165, 1.54) is 24.3 Å². The molecule has 0 atom stereocenters. The van der Waals surface area contributed by atoms with Crippen molar-refractivity contribution in [3.05, 3.63) is 114 Å². The van der Waals surface area contributed by atoms with Gasteiger partial charge in [-0.3, -0.25) is 14.4 Å². The molecule has 0 aliphatic carbocycles. The smallest absolute Gasteiger partial charge is 0.269 e. The molecule has 0 saturated carbocycles. The predicted octanol–water partition coefficient (Wildman–Crippen LogP) is 4.22. The quantitative estimate of drug-likeness (QED) is 0.292. The molecule has 5 aromatic rings. The molecule has 1 aliphatic heterocycles. The molecule has 0 bridgehead atoms. The Balaban J connectivity index is 1.56. The molecule has 0 spiro atoms. The van der Waals surface area contributed by atoms with E-state index in [0.717, 1.165) is 9.36 Å². The molecule has 3 heterocycles. The van der Waals surface area contributed by atoms with Crippen LogP contribution in [-0.2, 0) is 10.0 Å². The Morgan fingerprint density at radius 3 is 1.59 bits per heavy atom. The van der Waals surface area contributed by atoms with Crippen molar-refractivity contribution in [1.29, 1.82) is 0 Å². The van der Waals surface area contributed by atoms with E-state index in [2.05, 4.69) is 10.2 Å². The molecule has 1 aliphatic rings. The molecule has 6 rings (SSSR count). The average molecular weight is 566 g/mol. The molecule has 41 heavy (non-hydrogen) atoms. The van der Waals surface area contributed by atoms with Crippen LogP contribution in [-0.4, -0.2) is 56.0 Å². The summed E-state index contributed by atoms with van der Waals surface area (Å²) >= 11 is 0. The number of nitrogens with zero attached hydrogens (tertiary/aromatic N) is 5. The van der Waals surface area contributed by atoms with Crippen LogP contribution in [0.5, 0.6) is 0 Å². The second-order valence-electron chi connectivity index (χ2n) is 9.58. The van der Waals surface area contributed by atoms with Crippen LogP contribution in [0.15, 0.2) is 102 Å². The van der Waals surface area contributed by atoms with Crippen molar-refractivity contribution < 1.29 is 22.8 Å². The van der Waals surface area contributed by atoms with Gasteiger partial charge in [0.1, 0.15) is 4.90 Å². The molecular formula is C30H23N5O5S. The minimum atomic E-state index is -4.58. The summed E-state index contributed by atoms with van der Waals surface area (Å²) < 4.78 is 29.9. The molecule has 3 aromatic carbocycles. The SMILES string of the molecule is Cc1cc(-c2ccccc2)n(C(=O)C(C(=O)n2nc(C)cc2-c2ccccc2)N2C(=O)c3ccccc3S2(=O)=O)n1. The van der Waals surface area contributed by atoms with Gasteiger partial charge in [0.15, 0.2) is 0 Å². The maximum atomic E-state index is 14.4. The molecule has 0 unspecified atom stereocenters. The van der Waals surface area contributed by atoms with E-state index < -0.39 is 33.8 Å². The van der Waals surface area contributed by atoms with Crippen LogP contribution in [0, 0.1) is 13.8 Å². The van der Waals surface area contributed by atoms with Gasteiger partial charge in [-0.25, -0.2) is 12.7 Å². The zero-order valence-corrected chi connectivity index (χ0v) is 22.8. The first-order valence-corrected chi connectivity index (χ1v) is 14.1. The second-order valence-corrected chi connectivity index (χ2v) is 11.4. The van der Waals surface area contributed by atoms with Crippen molar-refractivity contribution in [3.8, 4) is 22.5 Å². The summed E-state index contributed by atoms with van der Waals surface area (Å²) in [4.78, 5) is 42.1. The molecule has 1 amide bonds. The fraction of sp³-hybridized carbons (Fsp3) is 0.100. The molecule has 0 saturated heterocycles. The monoisotopic (exact) mass is 565 g/mol. The number of benzene rings is 3. The lowest BCUT2D eigenvalue weighted by molar-refractivity contribution is 0.0600. The number of aryl methyl sites for hydroxylation is 2. The van der Waals surface area contributed by atoms with Gasteiger partial charge >= 0.3 is 0 Å². The van der Waals surface area contributed by atoms with Crippen molar-refractivity contribution in [2.24, 2.45) is 0 Å². The number of hydrogen-bond acceptors (Lipinski definition) is 7. The third-order valence-corrected chi connectivity index (χ3v) is 8.58. The molecular weight excluding hydrogens is 542 g/mol. The highest BCUT2D eigenvalue weighted by Gasteiger charge is 2.52. The summed E-state index contributed by atoms with van der Waals surface area (Å²) in [5, 5.41) is 8.63. The van der Waals surface area contributed by atoms with Crippen LogP contribution in [0.1, 0.15) is 31.3 Å². The third-order valence-electron chi connectivity index (χ3n) is 6.78. The topological polar surface area (TPSA) is 124 Å². The highest BCUT2D eigenvalue weighted by atomic mass is 32.2. The number of rotatable bonds is 5. The minimum Gasteiger partial charge on any atom is -0.269 e. The normalized spacial score (nSPS) is 13.9. The summed E-state index contributed by atoms with van der Waals surface area (Å²) in [5.41, 5.74) is 2.71. The van der Waals surface area contributed by atoms with Crippen LogP contribution in [0.4, 0.5) is 0 Å². The van der Waals surface area contributed by atoms with Crippen molar-refractivity contribution >= 4 is 27.7 Å². The van der Waals surface area contributed by atoms with Gasteiger partial charge in [0.2, 0.25) is 6.04 Å². The van der Waals surface area contributed by atoms with Gasteiger partial charge in [0.25, 0.3) is 27.7 Å². The second kappa shape index (κ2) is 9.79. The lowest BCUT2D eigenvalue weighted by atomic mass is 10.1. The van der Waals surface area contributed by atoms with Gasteiger partial charge in [-0.1, -0.05) is 72.8 Å². The first-order valence-electron chi connectivity index (χ1n) is 12.7. The van der Waals surface area contributed by atoms with Gasteiger partial charge in [0, 0.05) is 11.1 Å². The number of carbonyl (C=O) groups excluding carboxylic acids is 3. The third kappa shape index (κ3) is 4.27. The highest BCUT2D eigenvalue weighted by Crippen LogP contribution is 2.34. The maximum absolute atomic E-state index is 14.4. The predicted molar refractivity (Wildman–Crippen MR) is 150 cm³/mol. The lowest BCUT2D eigenvalue weighted by Gasteiger charge is -2.25. The zero-order valence-electron chi connectivity index (χ0n) is 22.0. The Morgan fingerprint density at radius 1 is 0.683 bits per heavy atom. The summed E-state index contributed by atoms with van der Waals surface area (Å²) in [6, 6.07) is 24.5. The van der Waals surface area contributed by atoms with Gasteiger partial charge in [-0.2, -0.15) is 19.6 Å². The molecule has 0 fully saturated rings. The Bertz CT molecular complexity index is 1850. The lowest BCUT2D eigenvalue weighted by Crippen LogP contribution is -2.53. The van der Waals surface area contributed by atoms with E-state index in [-0.39, 0.29) is 10.5 Å². The van der Waals surface area contributed by atoms with Crippen molar-refractivity contribution in [1.82, 2.24) is 23.9 Å². The van der Waals surface area contributed by atoms with E-state index in [0.29, 0.717) is 38.2 Å². The number of aromatic nitrogens is 4. The Morgan fingerprint density at radius 2 is 1.12 bits per heavy atom. The minimum absolute atomic E-state index is 0.127. The summed E-state index contributed by atoms with van der Waals surface area (Å²) in [7, 11) is -4.58. The van der Waals surface area contributed by atoms with E-state index in [1.54, 1.807) is 74.5 Å². The van der Waals surface area contributed by atoms with Gasteiger partial charge < -0.3 is 0 Å². The van der Waals surface area contributed by atoms with Gasteiger partial charge in [-0.15, -0.1) is 0 Å². The van der Waals surface area contributed by atoms with Gasteiger partial charge in [-0.05, 0) is 38.1 Å². The standard InChI is InChI=1S/C30H23N5O5S/c1-19-17-24(21-11-5-3-6-12-21)33(31-19)29(37)27(35-28(36)23-15-9-10-16-26(23)41(35,39)40)30(38)34-25(18-20(2)32-34)22-13-7-4-8-14-22/h3-18,27H,1-2H3. The van der Waals surface area contributed by atoms with Crippen LogP contribution in [0.3, 0.4) is 0 Å². The van der Waals surface area contributed by atoms with Crippen LogP contribution in [0.25, 0.3) is 22.5 Å². The average Bonchev–Trinajstić information content (AvgIpc) is 3.63. The van der Waals surface area contributed by atoms with E-state index >= 15 is 0 Å². The van der Waals surface area contributed by atoms with Crippen molar-refractivity contribution in [2.75, 3.05) is 0 Å². The number of fused-ring (bicyclic) bond motifs is 1. The summed E-state index contributed by atoms with van der Waals surface area (Å²) in [6.45, 7) is 3.34. The fourth-order valence-electron chi connectivity index (χ4n) is 4.96. The maximum Gasteiger partial charge on any atom is 0.281 e. The fourth-order valence-corrected chi connectivity index (χ4v) is 6.63. The van der Waals surface area contributed by atoms with Crippen LogP contribution < -0.4 is 0 Å². The van der Waals surface area contributed by atoms with E-state index in [4.69, 9.17) is 0 Å². The Labute approximate surface area is 235 Å². The molecule has 2 aromatic heterocycles. The summed E-state index contributed by atoms with van der Waals surface area (Å²) in [6.07, 6.45) is 0. The van der Waals surface area contributed by atoms with Crippen molar-refractivity contribution in [3.63, 3.8) is 0 Å². The van der Waals surface area contributed by atoms with Gasteiger partial charge in [0.05, 0.1) is 28.3 Å².